The highest BCUT2D eigenvalue weighted by atomic mass is 35.5. The Morgan fingerprint density at radius 2 is 2.29 bits per heavy atom. The van der Waals surface area contributed by atoms with E-state index in [0.717, 1.165) is 11.4 Å². The van der Waals surface area contributed by atoms with Gasteiger partial charge in [0.25, 0.3) is 0 Å². The standard InChI is InChI=1S/C12H15ClN2OS/c1-15-6-2-3-9(15)7-14-8-10(16)11-4-5-12(13)17-11/h2-6,10,14,16H,7-8H2,1H3. The largest absolute Gasteiger partial charge is 0.386 e. The van der Waals surface area contributed by atoms with Gasteiger partial charge >= 0.3 is 0 Å². The smallest absolute Gasteiger partial charge is 0.101 e. The highest BCUT2D eigenvalue weighted by Crippen LogP contribution is 2.26. The highest BCUT2D eigenvalue weighted by Gasteiger charge is 2.09. The molecule has 2 aromatic rings. The first-order chi connectivity index (χ1) is 8.16. The Morgan fingerprint density at radius 3 is 2.88 bits per heavy atom. The van der Waals surface area contributed by atoms with Gasteiger partial charge in [0.2, 0.25) is 0 Å². The lowest BCUT2D eigenvalue weighted by Crippen LogP contribution is -2.21. The van der Waals surface area contributed by atoms with Gasteiger partial charge in [0, 0.05) is 36.9 Å². The zero-order valence-corrected chi connectivity index (χ0v) is 11.1. The number of hydrogen-bond acceptors (Lipinski definition) is 3. The number of rotatable bonds is 5. The van der Waals surface area contributed by atoms with Crippen LogP contribution in [0.25, 0.3) is 0 Å². The zero-order valence-electron chi connectivity index (χ0n) is 9.56. The molecule has 0 spiro atoms. The molecule has 0 aliphatic rings. The van der Waals surface area contributed by atoms with Gasteiger partial charge in [0.05, 0.1) is 4.34 Å². The fraction of sp³-hybridized carbons (Fsp3) is 0.333. The predicted molar refractivity (Wildman–Crippen MR) is 71.4 cm³/mol. The molecule has 17 heavy (non-hydrogen) atoms. The molecule has 2 rings (SSSR count). The molecular weight excluding hydrogens is 256 g/mol. The number of aliphatic hydroxyl groups is 1. The van der Waals surface area contributed by atoms with Crippen molar-refractivity contribution in [1.82, 2.24) is 9.88 Å². The van der Waals surface area contributed by atoms with Crippen LogP contribution in [0.5, 0.6) is 0 Å². The van der Waals surface area contributed by atoms with Gasteiger partial charge in [-0.2, -0.15) is 0 Å². The number of aryl methyl sites for hydroxylation is 1. The highest BCUT2D eigenvalue weighted by molar-refractivity contribution is 7.16. The maximum atomic E-state index is 9.91. The molecule has 2 N–H and O–H groups in total. The average Bonchev–Trinajstić information content (AvgIpc) is 2.88. The van der Waals surface area contributed by atoms with Gasteiger partial charge in [-0.05, 0) is 24.3 Å². The van der Waals surface area contributed by atoms with E-state index in [1.165, 1.54) is 17.0 Å². The van der Waals surface area contributed by atoms with Gasteiger partial charge in [0.1, 0.15) is 6.10 Å². The normalized spacial score (nSPS) is 12.9. The lowest BCUT2D eigenvalue weighted by atomic mass is 10.3. The second-order valence-corrected chi connectivity index (χ2v) is 5.65. The van der Waals surface area contributed by atoms with Crippen molar-refractivity contribution in [2.45, 2.75) is 12.6 Å². The molecule has 2 heterocycles. The first-order valence-electron chi connectivity index (χ1n) is 5.41. The molecule has 0 aliphatic carbocycles. The Labute approximate surface area is 110 Å². The quantitative estimate of drug-likeness (QED) is 0.876. The topological polar surface area (TPSA) is 37.2 Å². The third-order valence-electron chi connectivity index (χ3n) is 2.62. The van der Waals surface area contributed by atoms with Crippen molar-refractivity contribution in [2.24, 2.45) is 7.05 Å². The summed E-state index contributed by atoms with van der Waals surface area (Å²) in [7, 11) is 2.01. The van der Waals surface area contributed by atoms with Gasteiger partial charge in [-0.15, -0.1) is 11.3 Å². The zero-order chi connectivity index (χ0) is 12.3. The molecule has 0 saturated carbocycles. The van der Waals surface area contributed by atoms with Crippen LogP contribution in [0, 0.1) is 0 Å². The van der Waals surface area contributed by atoms with Crippen LogP contribution >= 0.6 is 22.9 Å². The number of nitrogens with zero attached hydrogens (tertiary/aromatic N) is 1. The molecule has 0 amide bonds. The van der Waals surface area contributed by atoms with E-state index in [-0.39, 0.29) is 0 Å². The van der Waals surface area contributed by atoms with E-state index in [1.54, 1.807) is 0 Å². The van der Waals surface area contributed by atoms with E-state index in [0.29, 0.717) is 10.9 Å². The minimum Gasteiger partial charge on any atom is -0.386 e. The molecule has 1 unspecified atom stereocenters. The first kappa shape index (κ1) is 12.6. The summed E-state index contributed by atoms with van der Waals surface area (Å²) < 4.78 is 2.77. The Kier molecular flexibility index (Phi) is 4.23. The van der Waals surface area contributed by atoms with Crippen LogP contribution in [-0.2, 0) is 13.6 Å². The number of thiophene rings is 1. The van der Waals surface area contributed by atoms with Gasteiger partial charge in [-0.1, -0.05) is 11.6 Å². The molecular formula is C12H15ClN2OS. The van der Waals surface area contributed by atoms with Crippen molar-refractivity contribution in [2.75, 3.05) is 6.54 Å². The summed E-state index contributed by atoms with van der Waals surface area (Å²) in [6, 6.07) is 7.73. The van der Waals surface area contributed by atoms with Crippen LogP contribution in [0.3, 0.4) is 0 Å². The number of nitrogens with one attached hydrogen (secondary N) is 1. The van der Waals surface area contributed by atoms with Crippen molar-refractivity contribution in [3.63, 3.8) is 0 Å². The fourth-order valence-electron chi connectivity index (χ4n) is 1.63. The van der Waals surface area contributed by atoms with Crippen LogP contribution < -0.4 is 5.32 Å². The summed E-state index contributed by atoms with van der Waals surface area (Å²) >= 11 is 7.24. The lowest BCUT2D eigenvalue weighted by molar-refractivity contribution is 0.178. The van der Waals surface area contributed by atoms with Gasteiger partial charge in [0.15, 0.2) is 0 Å². The van der Waals surface area contributed by atoms with Gasteiger partial charge in [-0.25, -0.2) is 0 Å². The molecule has 5 heteroatoms. The molecule has 0 radical (unpaired) electrons. The fourth-order valence-corrected chi connectivity index (χ4v) is 2.67. The van der Waals surface area contributed by atoms with E-state index in [4.69, 9.17) is 11.6 Å². The number of aliphatic hydroxyl groups excluding tert-OH is 1. The van der Waals surface area contributed by atoms with E-state index < -0.39 is 6.10 Å². The molecule has 1 atom stereocenters. The molecule has 3 nitrogen and oxygen atoms in total. The van der Waals surface area contributed by atoms with Crippen LogP contribution in [-0.4, -0.2) is 16.2 Å². The summed E-state index contributed by atoms with van der Waals surface area (Å²) in [6.07, 6.45) is 1.51. The Morgan fingerprint density at radius 1 is 1.47 bits per heavy atom. The molecule has 0 bridgehead atoms. The lowest BCUT2D eigenvalue weighted by Gasteiger charge is -2.10. The summed E-state index contributed by atoms with van der Waals surface area (Å²) in [5.41, 5.74) is 1.20. The maximum absolute atomic E-state index is 9.91. The molecule has 0 aromatic carbocycles. The molecule has 0 fully saturated rings. The number of halogens is 1. The van der Waals surface area contributed by atoms with Crippen molar-refractivity contribution in [3.8, 4) is 0 Å². The van der Waals surface area contributed by atoms with Crippen molar-refractivity contribution < 1.29 is 5.11 Å². The number of hydrogen-bond donors (Lipinski definition) is 2. The summed E-state index contributed by atoms with van der Waals surface area (Å²) in [5, 5.41) is 13.1. The van der Waals surface area contributed by atoms with Crippen molar-refractivity contribution in [3.05, 3.63) is 45.4 Å². The third kappa shape index (κ3) is 3.33. The van der Waals surface area contributed by atoms with Crippen LogP contribution in [0.2, 0.25) is 4.34 Å². The second kappa shape index (κ2) is 5.69. The van der Waals surface area contributed by atoms with Crippen molar-refractivity contribution >= 4 is 22.9 Å². The third-order valence-corrected chi connectivity index (χ3v) is 3.95. The molecule has 0 saturated heterocycles. The maximum Gasteiger partial charge on any atom is 0.101 e. The van der Waals surface area contributed by atoms with Gasteiger partial charge < -0.3 is 15.0 Å². The summed E-state index contributed by atoms with van der Waals surface area (Å²) in [4.78, 5) is 0.898. The second-order valence-electron chi connectivity index (χ2n) is 3.90. The Bertz CT molecular complexity index is 480. The van der Waals surface area contributed by atoms with E-state index in [1.807, 2.05) is 31.4 Å². The van der Waals surface area contributed by atoms with E-state index in [9.17, 15) is 5.11 Å². The van der Waals surface area contributed by atoms with E-state index in [2.05, 4.69) is 16.0 Å². The Hall–Kier alpha value is -0.810. The first-order valence-corrected chi connectivity index (χ1v) is 6.60. The summed E-state index contributed by atoms with van der Waals surface area (Å²) in [5.74, 6) is 0. The minimum absolute atomic E-state index is 0.493. The molecule has 0 aliphatic heterocycles. The number of aromatic nitrogens is 1. The SMILES string of the molecule is Cn1cccc1CNCC(O)c1ccc(Cl)s1. The van der Waals surface area contributed by atoms with E-state index >= 15 is 0 Å². The Balaban J connectivity index is 1.81. The molecule has 92 valence electrons. The van der Waals surface area contributed by atoms with Crippen molar-refractivity contribution in [1.29, 1.82) is 0 Å². The monoisotopic (exact) mass is 270 g/mol. The minimum atomic E-state index is -0.493. The molecule has 2 aromatic heterocycles. The predicted octanol–water partition coefficient (Wildman–Crippen LogP) is 2.56. The van der Waals surface area contributed by atoms with Crippen LogP contribution in [0.4, 0.5) is 0 Å². The van der Waals surface area contributed by atoms with Crippen LogP contribution in [0.1, 0.15) is 16.7 Å². The van der Waals surface area contributed by atoms with Crippen LogP contribution in [0.15, 0.2) is 30.5 Å². The summed E-state index contributed by atoms with van der Waals surface area (Å²) in [6.45, 7) is 1.28. The average molecular weight is 271 g/mol. The van der Waals surface area contributed by atoms with Gasteiger partial charge in [-0.3, -0.25) is 0 Å².